The van der Waals surface area contributed by atoms with E-state index in [2.05, 4.69) is 9.99 Å². The molecule has 2 aromatic carbocycles. The zero-order chi connectivity index (χ0) is 20.1. The van der Waals surface area contributed by atoms with Crippen LogP contribution in [0.3, 0.4) is 0 Å². The average Bonchev–Trinajstić information content (AvgIpc) is 3.00. The molecule has 0 saturated carbocycles. The number of carboxylic acid groups (broad SMARTS) is 1. The molecule has 0 amide bonds. The first-order valence-corrected chi connectivity index (χ1v) is 8.68. The first-order chi connectivity index (χ1) is 13.5. The lowest BCUT2D eigenvalue weighted by atomic mass is 10.1. The Kier molecular flexibility index (Phi) is 5.74. The quantitative estimate of drug-likeness (QED) is 0.581. The van der Waals surface area contributed by atoms with Crippen molar-refractivity contribution in [3.05, 3.63) is 64.7 Å². The summed E-state index contributed by atoms with van der Waals surface area (Å²) >= 11 is 0. The summed E-state index contributed by atoms with van der Waals surface area (Å²) < 4.78 is 11.5. The molecule has 0 fully saturated rings. The number of benzene rings is 2. The van der Waals surface area contributed by atoms with E-state index < -0.39 is 11.9 Å². The summed E-state index contributed by atoms with van der Waals surface area (Å²) in [5.41, 5.74) is 2.73. The van der Waals surface area contributed by atoms with Crippen molar-refractivity contribution in [1.82, 2.24) is 0 Å². The number of ether oxygens (including phenoxy) is 2. The van der Waals surface area contributed by atoms with E-state index >= 15 is 0 Å². The molecule has 1 aliphatic heterocycles. The van der Waals surface area contributed by atoms with Gasteiger partial charge in [-0.25, -0.2) is 9.59 Å². The van der Waals surface area contributed by atoms with Gasteiger partial charge in [-0.05, 0) is 55.3 Å². The molecule has 0 unspecified atom stereocenters. The van der Waals surface area contributed by atoms with Gasteiger partial charge in [0.15, 0.2) is 11.5 Å². The number of aromatic carboxylic acids is 1. The van der Waals surface area contributed by atoms with Crippen LogP contribution in [0.4, 0.5) is 0 Å². The topological polar surface area (TPSA) is 94.4 Å². The van der Waals surface area contributed by atoms with Crippen LogP contribution < -0.4 is 9.47 Å². The number of carbonyl (C=O) groups excluding carboxylic acids is 1. The monoisotopic (exact) mass is 381 g/mol. The predicted octanol–water partition coefficient (Wildman–Crippen LogP) is 3.68. The van der Waals surface area contributed by atoms with Gasteiger partial charge in [-0.2, -0.15) is 0 Å². The molecule has 0 saturated heterocycles. The smallest absolute Gasteiger partial charge is 0.367 e. The van der Waals surface area contributed by atoms with Crippen LogP contribution in [0.25, 0.3) is 6.08 Å². The molecule has 0 atom stereocenters. The molecule has 7 heteroatoms. The predicted molar refractivity (Wildman–Crippen MR) is 103 cm³/mol. The van der Waals surface area contributed by atoms with Crippen LogP contribution in [0.15, 0.2) is 53.2 Å². The normalized spacial score (nSPS) is 14.6. The fourth-order valence-corrected chi connectivity index (χ4v) is 2.59. The van der Waals surface area contributed by atoms with Crippen LogP contribution >= 0.6 is 0 Å². The minimum atomic E-state index is -0.970. The van der Waals surface area contributed by atoms with Gasteiger partial charge in [0, 0.05) is 0 Å². The lowest BCUT2D eigenvalue weighted by Gasteiger charge is -2.13. The van der Waals surface area contributed by atoms with Crippen molar-refractivity contribution in [1.29, 1.82) is 0 Å². The van der Waals surface area contributed by atoms with E-state index in [9.17, 15) is 9.59 Å². The Morgan fingerprint density at radius 3 is 2.50 bits per heavy atom. The average molecular weight is 381 g/mol. The molecule has 0 radical (unpaired) electrons. The maximum atomic E-state index is 11.7. The van der Waals surface area contributed by atoms with Gasteiger partial charge < -0.3 is 19.4 Å². The first-order valence-electron chi connectivity index (χ1n) is 8.68. The Morgan fingerprint density at radius 2 is 1.89 bits per heavy atom. The third-order valence-corrected chi connectivity index (χ3v) is 4.05. The zero-order valence-corrected chi connectivity index (χ0v) is 15.5. The molecule has 0 aliphatic carbocycles. The van der Waals surface area contributed by atoms with Crippen molar-refractivity contribution < 1.29 is 29.0 Å². The van der Waals surface area contributed by atoms with Gasteiger partial charge in [0.25, 0.3) is 0 Å². The highest BCUT2D eigenvalue weighted by molar-refractivity contribution is 6.24. The van der Waals surface area contributed by atoms with Crippen molar-refractivity contribution in [2.45, 2.75) is 20.5 Å². The van der Waals surface area contributed by atoms with Gasteiger partial charge >= 0.3 is 11.9 Å². The Labute approximate surface area is 161 Å². The highest BCUT2D eigenvalue weighted by atomic mass is 16.7. The van der Waals surface area contributed by atoms with Crippen LogP contribution in [-0.4, -0.2) is 29.4 Å². The highest BCUT2D eigenvalue weighted by Crippen LogP contribution is 2.30. The minimum Gasteiger partial charge on any atom is -0.490 e. The third kappa shape index (κ3) is 4.37. The summed E-state index contributed by atoms with van der Waals surface area (Å²) in [6.45, 7) is 4.28. The molecule has 28 heavy (non-hydrogen) atoms. The lowest BCUT2D eigenvalue weighted by Crippen LogP contribution is -2.03. The molecule has 7 nitrogen and oxygen atoms in total. The summed E-state index contributed by atoms with van der Waals surface area (Å²) in [6.07, 6.45) is 1.69. The van der Waals surface area contributed by atoms with E-state index in [0.717, 1.165) is 11.1 Å². The number of oxime groups is 1. The van der Waals surface area contributed by atoms with Crippen molar-refractivity contribution in [3.63, 3.8) is 0 Å². The molecular weight excluding hydrogens is 362 g/mol. The lowest BCUT2D eigenvalue weighted by molar-refractivity contribution is -0.136. The molecule has 2 aromatic rings. The van der Waals surface area contributed by atoms with Crippen LogP contribution in [0.5, 0.6) is 11.5 Å². The third-order valence-electron chi connectivity index (χ3n) is 4.05. The van der Waals surface area contributed by atoms with Crippen molar-refractivity contribution in [2.75, 3.05) is 6.61 Å². The number of rotatable bonds is 7. The first kappa shape index (κ1) is 19.2. The van der Waals surface area contributed by atoms with E-state index in [1.807, 2.05) is 6.92 Å². The van der Waals surface area contributed by atoms with Crippen molar-refractivity contribution >= 4 is 23.7 Å². The summed E-state index contributed by atoms with van der Waals surface area (Å²) in [5, 5.41) is 12.6. The number of hydrogen-bond acceptors (Lipinski definition) is 6. The van der Waals surface area contributed by atoms with Crippen molar-refractivity contribution in [3.8, 4) is 11.5 Å². The summed E-state index contributed by atoms with van der Waals surface area (Å²) in [7, 11) is 0. The summed E-state index contributed by atoms with van der Waals surface area (Å²) in [6, 6.07) is 11.8. The summed E-state index contributed by atoms with van der Waals surface area (Å²) in [5.74, 6) is -0.367. The second-order valence-electron chi connectivity index (χ2n) is 6.04. The molecule has 1 N–H and O–H groups in total. The number of nitrogens with zero attached hydrogens (tertiary/aromatic N) is 1. The minimum absolute atomic E-state index is 0.223. The van der Waals surface area contributed by atoms with Gasteiger partial charge in [0.05, 0.1) is 23.5 Å². The molecule has 0 spiro atoms. The number of carbonyl (C=O) groups is 2. The van der Waals surface area contributed by atoms with Crippen LogP contribution in [0, 0.1) is 0 Å². The second kappa shape index (κ2) is 8.39. The Bertz CT molecular complexity index is 959. The van der Waals surface area contributed by atoms with Crippen molar-refractivity contribution in [2.24, 2.45) is 5.16 Å². The molecular formula is C21H19NO6. The number of hydrogen-bond donors (Lipinski definition) is 1. The molecule has 144 valence electrons. The molecule has 3 rings (SSSR count). The number of carboxylic acids is 1. The van der Waals surface area contributed by atoms with E-state index in [1.54, 1.807) is 43.3 Å². The van der Waals surface area contributed by atoms with E-state index in [1.165, 1.54) is 12.1 Å². The van der Waals surface area contributed by atoms with Crippen LogP contribution in [0.1, 0.15) is 35.3 Å². The van der Waals surface area contributed by atoms with E-state index in [0.29, 0.717) is 29.4 Å². The van der Waals surface area contributed by atoms with Gasteiger partial charge in [-0.15, -0.1) is 0 Å². The SMILES string of the molecule is CCOc1cc(C=C2C(=O)ON=C2C)ccc1OCc1ccc(C(=O)O)cc1. The van der Waals surface area contributed by atoms with Crippen LogP contribution in [-0.2, 0) is 16.2 Å². The largest absolute Gasteiger partial charge is 0.490 e. The highest BCUT2D eigenvalue weighted by Gasteiger charge is 2.22. The van der Waals surface area contributed by atoms with E-state index in [4.69, 9.17) is 14.6 Å². The Morgan fingerprint density at radius 1 is 1.14 bits per heavy atom. The molecule has 1 aliphatic rings. The van der Waals surface area contributed by atoms with E-state index in [-0.39, 0.29) is 12.2 Å². The van der Waals surface area contributed by atoms with Gasteiger partial charge in [-0.3, -0.25) is 0 Å². The maximum absolute atomic E-state index is 11.7. The molecule has 0 bridgehead atoms. The Hall–Kier alpha value is -3.61. The fraction of sp³-hybridized carbons (Fsp3) is 0.190. The second-order valence-corrected chi connectivity index (χ2v) is 6.04. The van der Waals surface area contributed by atoms with Crippen LogP contribution in [0.2, 0.25) is 0 Å². The standard InChI is InChI=1S/C21H19NO6/c1-3-26-19-11-15(10-17-13(2)22-28-21(17)25)6-9-18(19)27-12-14-4-7-16(8-5-14)20(23)24/h4-11H,3,12H2,1-2H3,(H,23,24). The van der Waals surface area contributed by atoms with Gasteiger partial charge in [0.2, 0.25) is 0 Å². The van der Waals surface area contributed by atoms with Gasteiger partial charge in [-0.1, -0.05) is 23.4 Å². The Balaban J connectivity index is 1.77. The zero-order valence-electron chi connectivity index (χ0n) is 15.5. The molecule has 1 heterocycles. The maximum Gasteiger partial charge on any atom is 0.367 e. The molecule has 0 aromatic heterocycles. The fourth-order valence-electron chi connectivity index (χ4n) is 2.59. The summed E-state index contributed by atoms with van der Waals surface area (Å²) in [4.78, 5) is 27.3. The van der Waals surface area contributed by atoms with Gasteiger partial charge in [0.1, 0.15) is 6.61 Å².